The van der Waals surface area contributed by atoms with Crippen molar-refractivity contribution in [3.8, 4) is 0 Å². The molecule has 0 aliphatic rings. The molecule has 0 radical (unpaired) electrons. The summed E-state index contributed by atoms with van der Waals surface area (Å²) >= 11 is 0. The average molecular weight is 318 g/mol. The topological polar surface area (TPSA) is 199 Å². The highest BCUT2D eigenvalue weighted by Gasteiger charge is 2.25. The number of carbonyl (C=O) groups is 2. The van der Waals surface area contributed by atoms with E-state index >= 15 is 0 Å². The zero-order valence-electron chi connectivity index (χ0n) is 13.8. The van der Waals surface area contributed by atoms with E-state index < -0.39 is 23.0 Å². The predicted molar refractivity (Wildman–Crippen MR) is 83.5 cm³/mol. The number of carboxylic acids is 2. The van der Waals surface area contributed by atoms with Gasteiger partial charge >= 0.3 is 0 Å². The molecule has 0 saturated carbocycles. The van der Waals surface area contributed by atoms with Crippen molar-refractivity contribution in [3.05, 3.63) is 0 Å². The summed E-state index contributed by atoms with van der Waals surface area (Å²) in [7, 11) is 0. The van der Waals surface area contributed by atoms with Gasteiger partial charge in [0.15, 0.2) is 0 Å². The lowest BCUT2D eigenvalue weighted by atomic mass is 10.1. The van der Waals surface area contributed by atoms with Gasteiger partial charge in [-0.15, -0.1) is 0 Å². The van der Waals surface area contributed by atoms with Gasteiger partial charge in [-0.1, -0.05) is 0 Å². The van der Waals surface area contributed by atoms with E-state index in [9.17, 15) is 0 Å². The number of rotatable bonds is 4. The molecule has 8 N–H and O–H groups in total. The fourth-order valence-electron chi connectivity index (χ4n) is 0.358. The van der Waals surface area contributed by atoms with Crippen LogP contribution < -0.4 is 11.5 Å². The number of aliphatic carboxylic acids is 2. The second-order valence-corrected chi connectivity index (χ2v) is 5.18. The van der Waals surface area contributed by atoms with Crippen molar-refractivity contribution in [3.63, 3.8) is 0 Å². The van der Waals surface area contributed by atoms with Crippen LogP contribution in [0, 0.1) is 10.8 Å². The van der Waals surface area contributed by atoms with Crippen LogP contribution in [0.3, 0.4) is 0 Å². The number of nitrogens with zero attached hydrogens (tertiary/aromatic N) is 2. The molecular formula is C12H26N6O4. The maximum absolute atomic E-state index is 9.00. The van der Waals surface area contributed by atoms with Gasteiger partial charge in [-0.05, 0) is 27.7 Å². The molecule has 0 saturated heterocycles. The van der Waals surface area contributed by atoms with Crippen LogP contribution in [0.5, 0.6) is 0 Å². The van der Waals surface area contributed by atoms with E-state index in [-0.39, 0.29) is 11.7 Å². The van der Waals surface area contributed by atoms with Gasteiger partial charge in [0.25, 0.3) is 11.9 Å². The number of hydrogen-bond acceptors (Lipinski definition) is 6. The van der Waals surface area contributed by atoms with E-state index in [0.29, 0.717) is 0 Å². The second-order valence-electron chi connectivity index (χ2n) is 5.18. The minimum Gasteiger partial charge on any atom is -0.481 e. The normalized spacial score (nSPS) is 10.6. The molecule has 0 rings (SSSR count). The Balaban J connectivity index is -0.000000372. The largest absolute Gasteiger partial charge is 0.481 e. The molecule has 128 valence electrons. The Morgan fingerprint density at radius 3 is 1.05 bits per heavy atom. The van der Waals surface area contributed by atoms with Crippen molar-refractivity contribution in [2.24, 2.45) is 21.7 Å². The van der Waals surface area contributed by atoms with Gasteiger partial charge in [0, 0.05) is 13.8 Å². The van der Waals surface area contributed by atoms with Crippen LogP contribution in [-0.4, -0.2) is 44.9 Å². The first-order valence-electron chi connectivity index (χ1n) is 6.08. The van der Waals surface area contributed by atoms with Crippen LogP contribution in [0.1, 0.15) is 41.5 Å². The third kappa shape index (κ3) is 17.5. The van der Waals surface area contributed by atoms with E-state index in [2.05, 4.69) is 10.2 Å². The van der Waals surface area contributed by atoms with Crippen molar-refractivity contribution >= 4 is 23.6 Å². The summed E-state index contributed by atoms with van der Waals surface area (Å²) in [6, 6.07) is 0. The van der Waals surface area contributed by atoms with Crippen molar-refractivity contribution in [2.75, 3.05) is 0 Å². The maximum atomic E-state index is 9.00. The van der Waals surface area contributed by atoms with Crippen molar-refractivity contribution in [1.82, 2.24) is 0 Å². The fourth-order valence-corrected chi connectivity index (χ4v) is 0.358. The lowest BCUT2D eigenvalue weighted by molar-refractivity contribution is -0.135. The molecule has 0 aromatic carbocycles. The SMILES string of the molecule is CC(=O)O.CC(=O)O.CC(C)(N=NC(C)(C)C(=N)N)C(=N)N. The standard InChI is InChI=1S/C8H18N6.2C2H4O2/c1-7(2,5(9)10)13-14-8(3,4)6(11)12;2*1-2(3)4/h1-4H3,(H3,9,10)(H3,11,12);2*1H3,(H,3,4). The molecule has 0 heterocycles. The number of nitrogens with two attached hydrogens (primary N) is 2. The highest BCUT2D eigenvalue weighted by molar-refractivity contribution is 5.87. The lowest BCUT2D eigenvalue weighted by Crippen LogP contribution is -2.38. The Kier molecular flexibility index (Phi) is 11.4. The highest BCUT2D eigenvalue weighted by atomic mass is 16.4. The summed E-state index contributed by atoms with van der Waals surface area (Å²) in [6.45, 7) is 8.87. The summed E-state index contributed by atoms with van der Waals surface area (Å²) in [5.41, 5.74) is 8.96. The first-order valence-corrected chi connectivity index (χ1v) is 6.08. The quantitative estimate of drug-likeness (QED) is 0.254. The van der Waals surface area contributed by atoms with Gasteiger partial charge in [0.05, 0.1) is 0 Å². The van der Waals surface area contributed by atoms with Crippen LogP contribution in [-0.2, 0) is 9.59 Å². The zero-order valence-corrected chi connectivity index (χ0v) is 13.8. The van der Waals surface area contributed by atoms with Crippen LogP contribution in [0.4, 0.5) is 0 Å². The van der Waals surface area contributed by atoms with Crippen LogP contribution in [0.25, 0.3) is 0 Å². The molecule has 0 fully saturated rings. The molecule has 0 atom stereocenters. The Bertz CT molecular complexity index is 395. The molecule has 0 spiro atoms. The highest BCUT2D eigenvalue weighted by Crippen LogP contribution is 2.15. The number of amidine groups is 2. The Labute approximate surface area is 129 Å². The van der Waals surface area contributed by atoms with Crippen molar-refractivity contribution in [1.29, 1.82) is 10.8 Å². The van der Waals surface area contributed by atoms with E-state index in [4.69, 9.17) is 42.1 Å². The summed E-state index contributed by atoms with van der Waals surface area (Å²) in [5.74, 6) is -1.80. The van der Waals surface area contributed by atoms with Gasteiger partial charge in [-0.3, -0.25) is 20.4 Å². The fraction of sp³-hybridized carbons (Fsp3) is 0.667. The van der Waals surface area contributed by atoms with Crippen molar-refractivity contribution < 1.29 is 19.8 Å². The molecule has 22 heavy (non-hydrogen) atoms. The summed E-state index contributed by atoms with van der Waals surface area (Å²) in [4.78, 5) is 18.0. The minimum atomic E-state index is -0.841. The molecule has 0 aliphatic heterocycles. The molecular weight excluding hydrogens is 292 g/mol. The Morgan fingerprint density at radius 1 is 0.818 bits per heavy atom. The number of azo groups is 1. The summed E-state index contributed by atoms with van der Waals surface area (Å²) < 4.78 is 0. The zero-order chi connectivity index (χ0) is 18.7. The number of carboxylic acid groups (broad SMARTS) is 2. The van der Waals surface area contributed by atoms with E-state index in [0.717, 1.165) is 13.8 Å². The molecule has 10 nitrogen and oxygen atoms in total. The molecule has 0 aromatic rings. The first-order chi connectivity index (χ1) is 9.56. The third-order valence-corrected chi connectivity index (χ3v) is 1.87. The van der Waals surface area contributed by atoms with Crippen LogP contribution in [0.15, 0.2) is 10.2 Å². The van der Waals surface area contributed by atoms with Crippen LogP contribution in [0.2, 0.25) is 0 Å². The molecule has 0 amide bonds. The van der Waals surface area contributed by atoms with Crippen molar-refractivity contribution in [2.45, 2.75) is 52.6 Å². The van der Waals surface area contributed by atoms with Crippen LogP contribution >= 0.6 is 0 Å². The predicted octanol–water partition coefficient (Wildman–Crippen LogP) is 1.05. The molecule has 0 aliphatic carbocycles. The van der Waals surface area contributed by atoms with E-state index in [1.165, 1.54) is 0 Å². The van der Waals surface area contributed by atoms with Gasteiger partial charge in [0.2, 0.25) is 0 Å². The Morgan fingerprint density at radius 2 is 0.955 bits per heavy atom. The average Bonchev–Trinajstić information content (AvgIpc) is 2.24. The lowest BCUT2D eigenvalue weighted by Gasteiger charge is -2.20. The molecule has 0 unspecified atom stereocenters. The smallest absolute Gasteiger partial charge is 0.300 e. The summed E-state index contributed by atoms with van der Waals surface area (Å²) in [5, 5.41) is 37.1. The molecule has 0 aromatic heterocycles. The maximum Gasteiger partial charge on any atom is 0.300 e. The first kappa shape index (κ1) is 24.5. The monoisotopic (exact) mass is 318 g/mol. The second kappa shape index (κ2) is 10.2. The van der Waals surface area contributed by atoms with E-state index in [1.54, 1.807) is 27.7 Å². The number of hydrogen-bond donors (Lipinski definition) is 6. The molecule has 10 heteroatoms. The van der Waals surface area contributed by atoms with Gasteiger partial charge < -0.3 is 21.7 Å². The third-order valence-electron chi connectivity index (χ3n) is 1.87. The molecule has 0 bridgehead atoms. The van der Waals surface area contributed by atoms with E-state index in [1.807, 2.05) is 0 Å². The Hall–Kier alpha value is -2.52. The number of nitrogens with one attached hydrogen (secondary N) is 2. The van der Waals surface area contributed by atoms with Gasteiger partial charge in [0.1, 0.15) is 22.7 Å². The van der Waals surface area contributed by atoms with Gasteiger partial charge in [-0.25, -0.2) is 0 Å². The minimum absolute atomic E-state index is 0.0689. The van der Waals surface area contributed by atoms with Gasteiger partial charge in [-0.2, -0.15) is 10.2 Å². The summed E-state index contributed by atoms with van der Waals surface area (Å²) in [6.07, 6.45) is 0.